The molecule has 0 saturated carbocycles. The van der Waals surface area contributed by atoms with Crippen LogP contribution >= 0.6 is 0 Å². The van der Waals surface area contributed by atoms with Gasteiger partial charge in [0.1, 0.15) is 11.9 Å². The third kappa shape index (κ3) is 7.26. The maximum absolute atomic E-state index is 12.7. The Labute approximate surface area is 232 Å². The maximum atomic E-state index is 12.7. The van der Waals surface area contributed by atoms with Gasteiger partial charge in [-0.25, -0.2) is 9.79 Å². The summed E-state index contributed by atoms with van der Waals surface area (Å²) in [6, 6.07) is 5.79. The number of aromatic nitrogens is 1. The van der Waals surface area contributed by atoms with E-state index in [0.29, 0.717) is 35.6 Å². The first-order chi connectivity index (χ1) is 18.8. The number of nitrogens with zero attached hydrogens (tertiary/aromatic N) is 2. The van der Waals surface area contributed by atoms with E-state index in [0.717, 1.165) is 5.56 Å². The SMILES string of the molecule is COC(=O)CC[C@@H](NC(=O)c1ccc(CCN2C=Nc3[nH]c(C)c(OC(=O)C(C)(C)C)c3C2O)cc1)C(=O)OC. The van der Waals surface area contributed by atoms with Crippen LogP contribution in [0.2, 0.25) is 0 Å². The quantitative estimate of drug-likeness (QED) is 0.374. The minimum Gasteiger partial charge on any atom is -0.469 e. The van der Waals surface area contributed by atoms with Crippen LogP contribution in [0.25, 0.3) is 0 Å². The van der Waals surface area contributed by atoms with E-state index in [1.807, 2.05) is 0 Å². The summed E-state index contributed by atoms with van der Waals surface area (Å²) in [6.45, 7) is 7.40. The number of hydrogen-bond donors (Lipinski definition) is 3. The highest BCUT2D eigenvalue weighted by molar-refractivity contribution is 5.96. The predicted molar refractivity (Wildman–Crippen MR) is 145 cm³/mol. The number of aliphatic imine (C=N–C) groups is 1. The fraction of sp³-hybridized carbons (Fsp3) is 0.464. The zero-order valence-corrected chi connectivity index (χ0v) is 23.6. The van der Waals surface area contributed by atoms with Crippen molar-refractivity contribution in [3.05, 3.63) is 46.6 Å². The molecular weight excluding hydrogens is 520 g/mol. The minimum absolute atomic E-state index is 0.0440. The van der Waals surface area contributed by atoms with Crippen LogP contribution in [-0.2, 0) is 30.3 Å². The summed E-state index contributed by atoms with van der Waals surface area (Å²) < 4.78 is 14.9. The third-order valence-corrected chi connectivity index (χ3v) is 6.39. The molecule has 1 aliphatic rings. The molecule has 0 aliphatic carbocycles. The van der Waals surface area contributed by atoms with E-state index >= 15 is 0 Å². The first kappa shape index (κ1) is 30.4. The first-order valence-electron chi connectivity index (χ1n) is 12.8. The number of carbonyl (C=O) groups is 4. The normalized spacial score (nSPS) is 15.2. The van der Waals surface area contributed by atoms with Crippen molar-refractivity contribution < 1.29 is 38.5 Å². The second-order valence-electron chi connectivity index (χ2n) is 10.4. The van der Waals surface area contributed by atoms with Crippen molar-refractivity contribution in [2.24, 2.45) is 10.4 Å². The molecule has 0 bridgehead atoms. The molecule has 3 N–H and O–H groups in total. The van der Waals surface area contributed by atoms with Crippen molar-refractivity contribution in [1.29, 1.82) is 0 Å². The maximum Gasteiger partial charge on any atom is 0.328 e. The predicted octanol–water partition coefficient (Wildman–Crippen LogP) is 2.71. The van der Waals surface area contributed by atoms with Crippen molar-refractivity contribution in [3.8, 4) is 5.75 Å². The number of amides is 1. The van der Waals surface area contributed by atoms with Gasteiger partial charge in [-0.05, 0) is 58.2 Å². The molecule has 1 amide bonds. The fourth-order valence-corrected chi connectivity index (χ4v) is 3.95. The topological polar surface area (TPSA) is 160 Å². The number of aliphatic hydroxyl groups is 1. The molecular formula is C28H36N4O8. The number of hydrogen-bond acceptors (Lipinski definition) is 10. The summed E-state index contributed by atoms with van der Waals surface area (Å²) in [6.07, 6.45) is 0.963. The summed E-state index contributed by atoms with van der Waals surface area (Å²) in [7, 11) is 2.45. The molecule has 2 atom stereocenters. The van der Waals surface area contributed by atoms with Crippen LogP contribution in [0.5, 0.6) is 5.75 Å². The van der Waals surface area contributed by atoms with Crippen molar-refractivity contribution in [2.45, 2.75) is 59.2 Å². The molecule has 0 spiro atoms. The van der Waals surface area contributed by atoms with Gasteiger partial charge in [-0.15, -0.1) is 0 Å². The minimum atomic E-state index is -1.08. The molecule has 1 aromatic heterocycles. The van der Waals surface area contributed by atoms with Gasteiger partial charge in [-0.3, -0.25) is 14.4 Å². The monoisotopic (exact) mass is 556 g/mol. The Morgan fingerprint density at radius 3 is 2.40 bits per heavy atom. The second kappa shape index (κ2) is 12.8. The van der Waals surface area contributed by atoms with Crippen LogP contribution in [0.1, 0.15) is 67.0 Å². The highest BCUT2D eigenvalue weighted by Crippen LogP contribution is 2.41. The van der Waals surface area contributed by atoms with Crippen molar-refractivity contribution in [2.75, 3.05) is 20.8 Å². The van der Waals surface area contributed by atoms with E-state index in [2.05, 4.69) is 20.0 Å². The molecule has 2 heterocycles. The van der Waals surface area contributed by atoms with E-state index in [-0.39, 0.29) is 18.6 Å². The van der Waals surface area contributed by atoms with Gasteiger partial charge in [-0.2, -0.15) is 0 Å². The highest BCUT2D eigenvalue weighted by atomic mass is 16.5. The molecule has 3 rings (SSSR count). The summed E-state index contributed by atoms with van der Waals surface area (Å²) in [5, 5.41) is 13.7. The Morgan fingerprint density at radius 2 is 1.80 bits per heavy atom. The van der Waals surface area contributed by atoms with Gasteiger partial charge in [0.15, 0.2) is 12.0 Å². The van der Waals surface area contributed by atoms with E-state index in [1.165, 1.54) is 20.6 Å². The van der Waals surface area contributed by atoms with Gasteiger partial charge in [0.25, 0.3) is 5.91 Å². The van der Waals surface area contributed by atoms with E-state index < -0.39 is 41.5 Å². The smallest absolute Gasteiger partial charge is 0.328 e. The number of rotatable bonds is 10. The molecule has 216 valence electrons. The summed E-state index contributed by atoms with van der Waals surface area (Å²) >= 11 is 0. The number of ether oxygens (including phenoxy) is 3. The first-order valence-corrected chi connectivity index (χ1v) is 12.8. The summed E-state index contributed by atoms with van der Waals surface area (Å²) in [5.41, 5.74) is 1.49. The summed E-state index contributed by atoms with van der Waals surface area (Å²) in [4.78, 5) is 57.7. The van der Waals surface area contributed by atoms with E-state index in [4.69, 9.17) is 9.47 Å². The van der Waals surface area contributed by atoms with Gasteiger partial charge >= 0.3 is 17.9 Å². The van der Waals surface area contributed by atoms with E-state index in [1.54, 1.807) is 56.9 Å². The Morgan fingerprint density at radius 1 is 1.12 bits per heavy atom. The molecule has 0 radical (unpaired) electrons. The van der Waals surface area contributed by atoms with Crippen LogP contribution < -0.4 is 10.1 Å². The van der Waals surface area contributed by atoms with Crippen LogP contribution in [-0.4, -0.2) is 72.0 Å². The Bertz CT molecular complexity index is 1280. The van der Waals surface area contributed by atoms with Crippen molar-refractivity contribution >= 4 is 36.0 Å². The number of aliphatic hydroxyl groups excluding tert-OH is 1. The Balaban J connectivity index is 1.63. The average Bonchev–Trinajstić information content (AvgIpc) is 3.24. The number of carbonyl (C=O) groups excluding carboxylic acids is 4. The lowest BCUT2D eigenvalue weighted by Crippen LogP contribution is -2.41. The van der Waals surface area contributed by atoms with Crippen LogP contribution in [0, 0.1) is 12.3 Å². The molecule has 1 aromatic carbocycles. The zero-order chi connectivity index (χ0) is 29.6. The van der Waals surface area contributed by atoms with Crippen molar-refractivity contribution in [3.63, 3.8) is 0 Å². The summed E-state index contributed by atoms with van der Waals surface area (Å²) in [5.74, 6) is -1.36. The molecule has 2 aromatic rings. The van der Waals surface area contributed by atoms with Gasteiger partial charge in [0.2, 0.25) is 0 Å². The molecule has 40 heavy (non-hydrogen) atoms. The number of fused-ring (bicyclic) bond motifs is 1. The lowest BCUT2D eigenvalue weighted by atomic mass is 9.97. The van der Waals surface area contributed by atoms with Gasteiger partial charge < -0.3 is 34.5 Å². The zero-order valence-electron chi connectivity index (χ0n) is 23.6. The Hall–Kier alpha value is -4.19. The molecule has 0 fully saturated rings. The molecule has 0 saturated heterocycles. The number of esters is 3. The van der Waals surface area contributed by atoms with Gasteiger partial charge in [0, 0.05) is 18.5 Å². The number of nitrogens with one attached hydrogen (secondary N) is 2. The lowest BCUT2D eigenvalue weighted by molar-refractivity contribution is -0.145. The largest absolute Gasteiger partial charge is 0.469 e. The van der Waals surface area contributed by atoms with Gasteiger partial charge in [-0.1, -0.05) is 12.1 Å². The standard InChI is InChI=1S/C28H36N4O8/c1-16-22(40-27(37)28(2,3)4)21-23(30-16)29-15-32(25(21)35)14-13-17-7-9-18(10-8-17)24(34)31-19(26(36)39-6)11-12-20(33)38-5/h7-10,15,19,25,30,35H,11-14H2,1-6H3,(H,31,34)/t19-,25?/m1/s1. The Kier molecular flexibility index (Phi) is 9.69. The van der Waals surface area contributed by atoms with Crippen LogP contribution in [0.4, 0.5) is 5.82 Å². The molecule has 12 nitrogen and oxygen atoms in total. The average molecular weight is 557 g/mol. The second-order valence-corrected chi connectivity index (χ2v) is 10.4. The van der Waals surface area contributed by atoms with E-state index in [9.17, 15) is 24.3 Å². The van der Waals surface area contributed by atoms with Gasteiger partial charge in [0.05, 0.1) is 37.2 Å². The number of aryl methyl sites for hydroxylation is 1. The lowest BCUT2D eigenvalue weighted by Gasteiger charge is -2.29. The highest BCUT2D eigenvalue weighted by Gasteiger charge is 2.33. The number of aromatic amines is 1. The molecule has 1 aliphatic heterocycles. The van der Waals surface area contributed by atoms with Crippen molar-refractivity contribution in [1.82, 2.24) is 15.2 Å². The number of benzene rings is 1. The third-order valence-electron chi connectivity index (χ3n) is 6.39. The van der Waals surface area contributed by atoms with Crippen LogP contribution in [0.3, 0.4) is 0 Å². The number of methoxy groups -OCH3 is 2. The number of H-pyrrole nitrogens is 1. The molecule has 12 heteroatoms. The fourth-order valence-electron chi connectivity index (χ4n) is 3.95. The molecule has 1 unspecified atom stereocenters. The van der Waals surface area contributed by atoms with Crippen LogP contribution in [0.15, 0.2) is 29.3 Å².